The highest BCUT2D eigenvalue weighted by molar-refractivity contribution is 6.31. The lowest BCUT2D eigenvalue weighted by molar-refractivity contribution is 0.511. The Morgan fingerprint density at radius 1 is 1.22 bits per heavy atom. The van der Waals surface area contributed by atoms with Crippen LogP contribution in [0.3, 0.4) is 0 Å². The van der Waals surface area contributed by atoms with E-state index in [0.717, 1.165) is 6.07 Å². The maximum Gasteiger partial charge on any atom is 0.168 e. The number of rotatable bonds is 2. The fraction of sp³-hybridized carbons (Fsp3) is 0.0769. The van der Waals surface area contributed by atoms with E-state index in [1.165, 1.54) is 24.3 Å². The molecular weight excluding hydrogens is 258 g/mol. The van der Waals surface area contributed by atoms with Crippen LogP contribution in [0.4, 0.5) is 8.78 Å². The second-order valence-electron chi connectivity index (χ2n) is 3.56. The zero-order valence-corrected chi connectivity index (χ0v) is 9.88. The number of halogens is 3. The lowest BCUT2D eigenvalue weighted by Crippen LogP contribution is -1.96. The van der Waals surface area contributed by atoms with Gasteiger partial charge in [0, 0.05) is 5.56 Å². The van der Waals surface area contributed by atoms with E-state index < -0.39 is 11.6 Å². The number of hydrogen-bond acceptors (Lipinski definition) is 2. The van der Waals surface area contributed by atoms with Gasteiger partial charge in [0.25, 0.3) is 0 Å². The number of nitrogens with zero attached hydrogens (tertiary/aromatic N) is 2. The molecule has 0 radical (unpaired) electrons. The number of hydrogen-bond donors (Lipinski definition) is 0. The Morgan fingerprint density at radius 2 is 2.00 bits per heavy atom. The van der Waals surface area contributed by atoms with E-state index in [2.05, 4.69) is 4.98 Å². The van der Waals surface area contributed by atoms with Gasteiger partial charge in [-0.2, -0.15) is 5.26 Å². The maximum absolute atomic E-state index is 13.6. The van der Waals surface area contributed by atoms with Gasteiger partial charge in [-0.15, -0.1) is 0 Å². The van der Waals surface area contributed by atoms with Crippen molar-refractivity contribution in [2.75, 3.05) is 0 Å². The summed E-state index contributed by atoms with van der Waals surface area (Å²) in [4.78, 5) is 4.07. The Kier molecular flexibility index (Phi) is 3.54. The van der Waals surface area contributed by atoms with E-state index >= 15 is 0 Å². The number of aromatic nitrogens is 1. The Bertz CT molecular complexity index is 635. The van der Waals surface area contributed by atoms with Crippen LogP contribution in [-0.2, 0) is 6.42 Å². The van der Waals surface area contributed by atoms with Crippen molar-refractivity contribution in [3.8, 4) is 17.3 Å². The summed E-state index contributed by atoms with van der Waals surface area (Å²) in [5.41, 5.74) is 0.646. The molecule has 0 unspecified atom stereocenters. The molecule has 0 bridgehead atoms. The van der Waals surface area contributed by atoms with Crippen LogP contribution in [0.5, 0.6) is 0 Å². The molecule has 0 N–H and O–H groups in total. The average molecular weight is 265 g/mol. The van der Waals surface area contributed by atoms with Crippen LogP contribution in [0.25, 0.3) is 11.3 Å². The van der Waals surface area contributed by atoms with Crippen molar-refractivity contribution >= 4 is 11.6 Å². The molecule has 0 aliphatic rings. The minimum atomic E-state index is -0.963. The molecule has 0 aliphatic carbocycles. The molecule has 0 saturated carbocycles. The third-order valence-electron chi connectivity index (χ3n) is 2.39. The van der Waals surface area contributed by atoms with Crippen LogP contribution in [0.15, 0.2) is 30.3 Å². The lowest BCUT2D eigenvalue weighted by Gasteiger charge is -2.06. The summed E-state index contributed by atoms with van der Waals surface area (Å²) in [6, 6.07) is 8.77. The topological polar surface area (TPSA) is 36.7 Å². The van der Waals surface area contributed by atoms with Crippen molar-refractivity contribution in [3.05, 3.63) is 52.7 Å². The van der Waals surface area contributed by atoms with Crippen molar-refractivity contribution in [2.24, 2.45) is 0 Å². The molecule has 0 amide bonds. The van der Waals surface area contributed by atoms with Crippen LogP contribution >= 0.6 is 11.6 Å². The Labute approximate surface area is 107 Å². The van der Waals surface area contributed by atoms with Gasteiger partial charge in [-0.25, -0.2) is 8.78 Å². The SMILES string of the molecule is N#CCc1nc(-c2cccc(F)c2F)ccc1Cl. The summed E-state index contributed by atoms with van der Waals surface area (Å²) in [5, 5.41) is 8.95. The van der Waals surface area contributed by atoms with Crippen molar-refractivity contribution < 1.29 is 8.78 Å². The summed E-state index contributed by atoms with van der Waals surface area (Å²) < 4.78 is 26.7. The normalized spacial score (nSPS) is 10.1. The Hall–Kier alpha value is -1.99. The molecule has 1 aromatic carbocycles. The molecule has 2 nitrogen and oxygen atoms in total. The second-order valence-corrected chi connectivity index (χ2v) is 3.97. The summed E-state index contributed by atoms with van der Waals surface area (Å²) >= 11 is 5.85. The smallest absolute Gasteiger partial charge is 0.168 e. The molecule has 2 rings (SSSR count). The van der Waals surface area contributed by atoms with E-state index in [0.29, 0.717) is 10.7 Å². The number of nitriles is 1. The Morgan fingerprint density at radius 3 is 2.72 bits per heavy atom. The maximum atomic E-state index is 13.6. The molecule has 0 atom stereocenters. The quantitative estimate of drug-likeness (QED) is 0.828. The van der Waals surface area contributed by atoms with Gasteiger partial charge in [0.1, 0.15) is 0 Å². The third-order valence-corrected chi connectivity index (χ3v) is 2.74. The molecule has 0 aliphatic heterocycles. The minimum absolute atomic E-state index is 0.0175. The van der Waals surface area contributed by atoms with Crippen molar-refractivity contribution in [1.29, 1.82) is 5.26 Å². The largest absolute Gasteiger partial charge is 0.250 e. The first-order chi connectivity index (χ1) is 8.63. The molecule has 1 heterocycles. The second kappa shape index (κ2) is 5.11. The zero-order chi connectivity index (χ0) is 13.1. The van der Waals surface area contributed by atoms with Crippen LogP contribution < -0.4 is 0 Å². The molecule has 0 fully saturated rings. The van der Waals surface area contributed by atoms with Gasteiger partial charge in [-0.1, -0.05) is 17.7 Å². The fourth-order valence-electron chi connectivity index (χ4n) is 1.53. The van der Waals surface area contributed by atoms with Gasteiger partial charge in [-0.05, 0) is 24.3 Å². The highest BCUT2D eigenvalue weighted by Gasteiger charge is 2.12. The monoisotopic (exact) mass is 264 g/mol. The lowest BCUT2D eigenvalue weighted by atomic mass is 10.1. The fourth-order valence-corrected chi connectivity index (χ4v) is 1.71. The first-order valence-corrected chi connectivity index (χ1v) is 5.48. The van der Waals surface area contributed by atoms with Gasteiger partial charge in [0.05, 0.1) is 28.9 Å². The number of benzene rings is 1. The van der Waals surface area contributed by atoms with Crippen molar-refractivity contribution in [2.45, 2.75) is 6.42 Å². The molecule has 90 valence electrons. The van der Waals surface area contributed by atoms with Crippen LogP contribution in [0.2, 0.25) is 5.02 Å². The summed E-state index contributed by atoms with van der Waals surface area (Å²) in [6.07, 6.45) is 0.0175. The van der Waals surface area contributed by atoms with Crippen molar-refractivity contribution in [1.82, 2.24) is 4.98 Å². The third kappa shape index (κ3) is 2.31. The molecule has 18 heavy (non-hydrogen) atoms. The van der Waals surface area contributed by atoms with Gasteiger partial charge >= 0.3 is 0 Å². The van der Waals surface area contributed by atoms with Gasteiger partial charge < -0.3 is 0 Å². The predicted octanol–water partition coefficient (Wildman–Crippen LogP) is 3.75. The zero-order valence-electron chi connectivity index (χ0n) is 9.12. The summed E-state index contributed by atoms with van der Waals surface area (Å²) in [5.74, 6) is -1.90. The number of pyridine rings is 1. The first-order valence-electron chi connectivity index (χ1n) is 5.10. The Balaban J connectivity index is 2.55. The minimum Gasteiger partial charge on any atom is -0.250 e. The highest BCUT2D eigenvalue weighted by Crippen LogP contribution is 2.25. The van der Waals surface area contributed by atoms with E-state index in [1.807, 2.05) is 6.07 Å². The first kappa shape index (κ1) is 12.5. The molecule has 0 spiro atoms. The van der Waals surface area contributed by atoms with Crippen LogP contribution in [0.1, 0.15) is 5.69 Å². The predicted molar refractivity (Wildman–Crippen MR) is 63.9 cm³/mol. The molecule has 5 heteroatoms. The molecule has 1 aromatic heterocycles. The average Bonchev–Trinajstić information content (AvgIpc) is 2.36. The highest BCUT2D eigenvalue weighted by atomic mass is 35.5. The van der Waals surface area contributed by atoms with E-state index in [4.69, 9.17) is 16.9 Å². The van der Waals surface area contributed by atoms with E-state index in [1.54, 1.807) is 0 Å². The van der Waals surface area contributed by atoms with Crippen LogP contribution in [-0.4, -0.2) is 4.98 Å². The molecular formula is C13H7ClF2N2. The molecule has 2 aromatic rings. The summed E-state index contributed by atoms with van der Waals surface area (Å²) in [7, 11) is 0. The van der Waals surface area contributed by atoms with E-state index in [-0.39, 0.29) is 17.7 Å². The summed E-state index contributed by atoms with van der Waals surface area (Å²) in [6.45, 7) is 0. The van der Waals surface area contributed by atoms with Gasteiger partial charge in [0.2, 0.25) is 0 Å². The van der Waals surface area contributed by atoms with Gasteiger partial charge in [-0.3, -0.25) is 4.98 Å². The van der Waals surface area contributed by atoms with Crippen LogP contribution in [0, 0.1) is 23.0 Å². The van der Waals surface area contributed by atoms with Crippen molar-refractivity contribution in [3.63, 3.8) is 0 Å². The van der Waals surface area contributed by atoms with Gasteiger partial charge in [0.15, 0.2) is 11.6 Å². The van der Waals surface area contributed by atoms with E-state index in [9.17, 15) is 8.78 Å². The molecule has 0 saturated heterocycles. The standard InChI is InChI=1S/C13H7ClF2N2/c14-9-4-5-11(18-12(9)6-7-17)8-2-1-3-10(15)13(8)16/h1-5H,6H2.